The summed E-state index contributed by atoms with van der Waals surface area (Å²) in [6.45, 7) is 1.54. The van der Waals surface area contributed by atoms with Crippen molar-refractivity contribution in [3.8, 4) is 5.75 Å². The molecule has 3 N–H and O–H groups in total. The minimum Gasteiger partial charge on any atom is -0.492 e. The van der Waals surface area contributed by atoms with Crippen LogP contribution in [-0.4, -0.2) is 62.2 Å². The smallest absolute Gasteiger partial charge is 0.239 e. The van der Waals surface area contributed by atoms with Crippen molar-refractivity contribution in [3.63, 3.8) is 0 Å². The minimum absolute atomic E-state index is 0. The lowest BCUT2D eigenvalue weighted by atomic mass is 10.2. The molecule has 7 nitrogen and oxygen atoms in total. The Morgan fingerprint density at radius 3 is 2.79 bits per heavy atom. The molecular formula is C16H24ClN3O4. The van der Waals surface area contributed by atoms with Gasteiger partial charge >= 0.3 is 0 Å². The fourth-order valence-electron chi connectivity index (χ4n) is 2.44. The van der Waals surface area contributed by atoms with Crippen LogP contribution in [0, 0.1) is 0 Å². The molecule has 1 aromatic rings. The number of nitrogens with one attached hydrogen (secondary N) is 1. The number of likely N-dealkylation sites (tertiary alicyclic amines) is 1. The summed E-state index contributed by atoms with van der Waals surface area (Å²) in [5.41, 5.74) is 5.66. The van der Waals surface area contributed by atoms with Crippen LogP contribution in [0.2, 0.25) is 0 Å². The Morgan fingerprint density at radius 2 is 2.12 bits per heavy atom. The predicted molar refractivity (Wildman–Crippen MR) is 92.2 cm³/mol. The molecule has 0 aliphatic carbocycles. The number of para-hydroxylation sites is 1. The van der Waals surface area contributed by atoms with Crippen molar-refractivity contribution in [2.24, 2.45) is 5.73 Å². The molecule has 8 heteroatoms. The van der Waals surface area contributed by atoms with E-state index in [1.165, 1.54) is 7.11 Å². The molecule has 0 saturated carbocycles. The van der Waals surface area contributed by atoms with Crippen LogP contribution in [0.5, 0.6) is 5.75 Å². The second-order valence-electron chi connectivity index (χ2n) is 5.47. The zero-order chi connectivity index (χ0) is 16.7. The second kappa shape index (κ2) is 10.1. The van der Waals surface area contributed by atoms with Gasteiger partial charge < -0.3 is 25.4 Å². The van der Waals surface area contributed by atoms with E-state index in [0.29, 0.717) is 19.7 Å². The molecule has 1 fully saturated rings. The first-order chi connectivity index (χ1) is 11.1. The molecule has 0 bridgehead atoms. The monoisotopic (exact) mass is 357 g/mol. The normalized spacial score (nSPS) is 18.0. The molecule has 24 heavy (non-hydrogen) atoms. The third-order valence-corrected chi connectivity index (χ3v) is 3.62. The van der Waals surface area contributed by atoms with Crippen LogP contribution < -0.4 is 15.8 Å². The van der Waals surface area contributed by atoms with Crippen LogP contribution in [0.3, 0.4) is 0 Å². The Balaban J connectivity index is 0.00000288. The average Bonchev–Trinajstić information content (AvgIpc) is 2.88. The van der Waals surface area contributed by atoms with E-state index in [1.807, 2.05) is 30.3 Å². The number of carbonyl (C=O) groups excluding carboxylic acids is 2. The Morgan fingerprint density at radius 1 is 1.42 bits per heavy atom. The van der Waals surface area contributed by atoms with Crippen molar-refractivity contribution in [1.82, 2.24) is 10.2 Å². The highest BCUT2D eigenvalue weighted by Crippen LogP contribution is 2.12. The summed E-state index contributed by atoms with van der Waals surface area (Å²) in [5, 5.41) is 2.78. The third kappa shape index (κ3) is 5.99. The number of halogens is 1. The summed E-state index contributed by atoms with van der Waals surface area (Å²) >= 11 is 0. The van der Waals surface area contributed by atoms with Gasteiger partial charge in [0.25, 0.3) is 0 Å². The Labute approximate surface area is 147 Å². The van der Waals surface area contributed by atoms with Gasteiger partial charge in [0.15, 0.2) is 0 Å². The number of nitrogens with two attached hydrogens (primary N) is 1. The van der Waals surface area contributed by atoms with Crippen molar-refractivity contribution >= 4 is 24.2 Å². The molecule has 0 radical (unpaired) electrons. The number of amides is 2. The molecule has 0 spiro atoms. The molecule has 1 aliphatic heterocycles. The topological polar surface area (TPSA) is 93.9 Å². The van der Waals surface area contributed by atoms with E-state index in [4.69, 9.17) is 15.2 Å². The first-order valence-corrected chi connectivity index (χ1v) is 7.60. The molecule has 2 rings (SSSR count). The van der Waals surface area contributed by atoms with Crippen LogP contribution in [0.1, 0.15) is 6.42 Å². The van der Waals surface area contributed by atoms with Crippen molar-refractivity contribution in [2.75, 3.05) is 33.4 Å². The lowest BCUT2D eigenvalue weighted by Crippen LogP contribution is -2.48. The first-order valence-electron chi connectivity index (χ1n) is 7.60. The SMILES string of the molecule is COCC(N)C(=O)NC1CC(=O)N(CCOc2ccccc2)C1.Cl. The largest absolute Gasteiger partial charge is 0.492 e. The number of rotatable bonds is 8. The van der Waals surface area contributed by atoms with E-state index in [9.17, 15) is 9.59 Å². The van der Waals surface area contributed by atoms with Gasteiger partial charge in [-0.25, -0.2) is 0 Å². The fraction of sp³-hybridized carbons (Fsp3) is 0.500. The van der Waals surface area contributed by atoms with Crippen LogP contribution in [-0.2, 0) is 14.3 Å². The maximum Gasteiger partial charge on any atom is 0.239 e. The molecule has 0 aromatic heterocycles. The lowest BCUT2D eigenvalue weighted by molar-refractivity contribution is -0.128. The number of benzene rings is 1. The number of hydrogen-bond acceptors (Lipinski definition) is 5. The van der Waals surface area contributed by atoms with Gasteiger partial charge in [0, 0.05) is 20.1 Å². The van der Waals surface area contributed by atoms with E-state index in [0.717, 1.165) is 5.75 Å². The molecular weight excluding hydrogens is 334 g/mol. The minimum atomic E-state index is -0.717. The quantitative estimate of drug-likeness (QED) is 0.692. The first kappa shape index (κ1) is 20.2. The molecule has 1 saturated heterocycles. The van der Waals surface area contributed by atoms with E-state index < -0.39 is 6.04 Å². The molecule has 2 atom stereocenters. The summed E-state index contributed by atoms with van der Waals surface area (Å²) in [6.07, 6.45) is 0.288. The van der Waals surface area contributed by atoms with Crippen molar-refractivity contribution in [1.29, 1.82) is 0 Å². The molecule has 1 aromatic carbocycles. The number of ether oxygens (including phenoxy) is 2. The van der Waals surface area contributed by atoms with Gasteiger partial charge in [-0.1, -0.05) is 18.2 Å². The highest BCUT2D eigenvalue weighted by molar-refractivity contribution is 5.85. The van der Waals surface area contributed by atoms with Crippen molar-refractivity contribution in [3.05, 3.63) is 30.3 Å². The van der Waals surface area contributed by atoms with Crippen LogP contribution >= 0.6 is 12.4 Å². The van der Waals surface area contributed by atoms with E-state index in [-0.39, 0.29) is 43.3 Å². The highest BCUT2D eigenvalue weighted by Gasteiger charge is 2.31. The standard InChI is InChI=1S/C16H23N3O4.ClH/c1-22-11-14(17)16(21)18-12-9-15(20)19(10-12)7-8-23-13-5-3-2-4-6-13;/h2-6,12,14H,7-11,17H2,1H3,(H,18,21);1H. The second-order valence-corrected chi connectivity index (χ2v) is 5.47. The summed E-state index contributed by atoms with van der Waals surface area (Å²) in [5.74, 6) is 0.480. The molecule has 2 unspecified atom stereocenters. The Bertz CT molecular complexity index is 529. The highest BCUT2D eigenvalue weighted by atomic mass is 35.5. The number of hydrogen-bond donors (Lipinski definition) is 2. The van der Waals surface area contributed by atoms with Gasteiger partial charge in [0.05, 0.1) is 19.2 Å². The summed E-state index contributed by atoms with van der Waals surface area (Å²) < 4.78 is 10.4. The summed E-state index contributed by atoms with van der Waals surface area (Å²) in [6, 6.07) is 8.51. The summed E-state index contributed by atoms with van der Waals surface area (Å²) in [7, 11) is 1.49. The summed E-state index contributed by atoms with van der Waals surface area (Å²) in [4.78, 5) is 25.5. The zero-order valence-corrected chi connectivity index (χ0v) is 14.5. The Kier molecular flexibility index (Phi) is 8.53. The van der Waals surface area contributed by atoms with Gasteiger partial charge in [-0.2, -0.15) is 0 Å². The maximum atomic E-state index is 12.0. The van der Waals surface area contributed by atoms with Gasteiger partial charge in [-0.05, 0) is 12.1 Å². The lowest BCUT2D eigenvalue weighted by Gasteiger charge is -2.18. The number of methoxy groups -OCH3 is 1. The fourth-order valence-corrected chi connectivity index (χ4v) is 2.44. The molecule has 1 aliphatic rings. The number of carbonyl (C=O) groups is 2. The van der Waals surface area contributed by atoms with Crippen molar-refractivity contribution < 1.29 is 19.1 Å². The molecule has 134 valence electrons. The third-order valence-electron chi connectivity index (χ3n) is 3.62. The van der Waals surface area contributed by atoms with Crippen LogP contribution in [0.15, 0.2) is 30.3 Å². The Hall–Kier alpha value is -1.83. The zero-order valence-electron chi connectivity index (χ0n) is 13.6. The predicted octanol–water partition coefficient (Wildman–Crippen LogP) is 0.178. The maximum absolute atomic E-state index is 12.0. The van der Waals surface area contributed by atoms with E-state index in [2.05, 4.69) is 5.32 Å². The molecule has 1 heterocycles. The van der Waals surface area contributed by atoms with Gasteiger partial charge in [0.2, 0.25) is 11.8 Å². The van der Waals surface area contributed by atoms with E-state index in [1.54, 1.807) is 4.90 Å². The average molecular weight is 358 g/mol. The van der Waals surface area contributed by atoms with Gasteiger partial charge in [-0.3, -0.25) is 9.59 Å². The van der Waals surface area contributed by atoms with Gasteiger partial charge in [0.1, 0.15) is 18.4 Å². The molecule has 2 amide bonds. The van der Waals surface area contributed by atoms with Crippen LogP contribution in [0.4, 0.5) is 0 Å². The van der Waals surface area contributed by atoms with E-state index >= 15 is 0 Å². The number of nitrogens with zero attached hydrogens (tertiary/aromatic N) is 1. The van der Waals surface area contributed by atoms with Gasteiger partial charge in [-0.15, -0.1) is 12.4 Å². The van der Waals surface area contributed by atoms with Crippen LogP contribution in [0.25, 0.3) is 0 Å². The van der Waals surface area contributed by atoms with Crippen molar-refractivity contribution in [2.45, 2.75) is 18.5 Å².